The van der Waals surface area contributed by atoms with Crippen LogP contribution in [0.15, 0.2) is 42.5 Å². The molecule has 20 heavy (non-hydrogen) atoms. The summed E-state index contributed by atoms with van der Waals surface area (Å²) in [6.07, 6.45) is 0.175. The van der Waals surface area contributed by atoms with Crippen molar-refractivity contribution in [2.24, 2.45) is 0 Å². The molecule has 0 radical (unpaired) electrons. The molecule has 0 fully saturated rings. The summed E-state index contributed by atoms with van der Waals surface area (Å²) in [4.78, 5) is 11.4. The van der Waals surface area contributed by atoms with E-state index in [0.29, 0.717) is 21.2 Å². The number of hydrogen-bond acceptors (Lipinski definition) is 1. The van der Waals surface area contributed by atoms with E-state index in [1.54, 1.807) is 24.3 Å². The fourth-order valence-corrected chi connectivity index (χ4v) is 2.46. The van der Waals surface area contributed by atoms with E-state index in [9.17, 15) is 14.3 Å². The van der Waals surface area contributed by atoms with Gasteiger partial charge in [0.05, 0.1) is 5.92 Å². The van der Waals surface area contributed by atoms with Crippen LogP contribution in [0, 0.1) is 5.82 Å². The zero-order chi connectivity index (χ0) is 14.7. The summed E-state index contributed by atoms with van der Waals surface area (Å²) in [5.41, 5.74) is 1.07. The van der Waals surface area contributed by atoms with Crippen molar-refractivity contribution >= 4 is 29.2 Å². The van der Waals surface area contributed by atoms with E-state index in [1.807, 2.05) is 0 Å². The highest BCUT2D eigenvalue weighted by Crippen LogP contribution is 2.28. The van der Waals surface area contributed by atoms with E-state index in [0.717, 1.165) is 0 Å². The fourth-order valence-electron chi connectivity index (χ4n) is 1.98. The van der Waals surface area contributed by atoms with Crippen molar-refractivity contribution < 1.29 is 14.3 Å². The monoisotopic (exact) mass is 312 g/mol. The molecule has 0 aromatic heterocycles. The number of rotatable bonds is 4. The Bertz CT molecular complexity index is 644. The highest BCUT2D eigenvalue weighted by atomic mass is 35.5. The van der Waals surface area contributed by atoms with Gasteiger partial charge in [0.2, 0.25) is 0 Å². The van der Waals surface area contributed by atoms with Crippen LogP contribution in [-0.2, 0) is 11.2 Å². The van der Waals surface area contributed by atoms with Crippen LogP contribution in [0.5, 0.6) is 0 Å². The van der Waals surface area contributed by atoms with Gasteiger partial charge < -0.3 is 5.11 Å². The van der Waals surface area contributed by atoms with Crippen LogP contribution in [0.4, 0.5) is 4.39 Å². The lowest BCUT2D eigenvalue weighted by Gasteiger charge is -2.14. The third-order valence-electron chi connectivity index (χ3n) is 2.99. The number of carbonyl (C=O) groups is 1. The van der Waals surface area contributed by atoms with Gasteiger partial charge in [0, 0.05) is 10.0 Å². The van der Waals surface area contributed by atoms with Crippen LogP contribution < -0.4 is 0 Å². The van der Waals surface area contributed by atoms with Gasteiger partial charge in [-0.2, -0.15) is 0 Å². The first kappa shape index (κ1) is 14.8. The van der Waals surface area contributed by atoms with Gasteiger partial charge in [0.15, 0.2) is 0 Å². The molecule has 0 spiro atoms. The Balaban J connectivity index is 2.33. The predicted octanol–water partition coefficient (Wildman–Crippen LogP) is 4.54. The van der Waals surface area contributed by atoms with Gasteiger partial charge >= 0.3 is 5.97 Å². The molecule has 0 saturated carbocycles. The lowest BCUT2D eigenvalue weighted by molar-refractivity contribution is -0.138. The van der Waals surface area contributed by atoms with Crippen molar-refractivity contribution in [1.29, 1.82) is 0 Å². The van der Waals surface area contributed by atoms with Crippen LogP contribution in [-0.4, -0.2) is 11.1 Å². The average Bonchev–Trinajstić information content (AvgIpc) is 2.37. The van der Waals surface area contributed by atoms with Gasteiger partial charge in [-0.3, -0.25) is 4.79 Å². The Hall–Kier alpha value is -1.58. The van der Waals surface area contributed by atoms with Gasteiger partial charge in [0.1, 0.15) is 5.82 Å². The van der Waals surface area contributed by atoms with Crippen LogP contribution in [0.1, 0.15) is 17.0 Å². The molecule has 0 aliphatic heterocycles. The van der Waals surface area contributed by atoms with Gasteiger partial charge in [0.25, 0.3) is 0 Å². The second kappa shape index (κ2) is 6.25. The lowest BCUT2D eigenvalue weighted by atomic mass is 9.92. The zero-order valence-corrected chi connectivity index (χ0v) is 11.8. The molecule has 1 atom stereocenters. The van der Waals surface area contributed by atoms with Gasteiger partial charge in [-0.1, -0.05) is 41.4 Å². The van der Waals surface area contributed by atoms with Crippen LogP contribution in [0.3, 0.4) is 0 Å². The van der Waals surface area contributed by atoms with Gasteiger partial charge in [-0.15, -0.1) is 0 Å². The lowest BCUT2D eigenvalue weighted by Crippen LogP contribution is -2.15. The molecule has 104 valence electrons. The third kappa shape index (κ3) is 3.50. The predicted molar refractivity (Wildman–Crippen MR) is 76.9 cm³/mol. The highest BCUT2D eigenvalue weighted by Gasteiger charge is 2.22. The molecule has 0 aliphatic rings. The van der Waals surface area contributed by atoms with Crippen LogP contribution >= 0.6 is 23.2 Å². The second-order valence-electron chi connectivity index (χ2n) is 4.39. The van der Waals surface area contributed by atoms with Crippen molar-refractivity contribution in [2.75, 3.05) is 0 Å². The van der Waals surface area contributed by atoms with Crippen molar-refractivity contribution in [3.63, 3.8) is 0 Å². The summed E-state index contributed by atoms with van der Waals surface area (Å²) in [7, 11) is 0. The first-order valence-electron chi connectivity index (χ1n) is 5.89. The Morgan fingerprint density at radius 3 is 2.55 bits per heavy atom. The van der Waals surface area contributed by atoms with Crippen molar-refractivity contribution in [1.82, 2.24) is 0 Å². The molecule has 2 aromatic rings. The number of carboxylic acid groups (broad SMARTS) is 1. The first-order chi connectivity index (χ1) is 9.47. The molecule has 0 saturated heterocycles. The molecule has 1 unspecified atom stereocenters. The van der Waals surface area contributed by atoms with E-state index in [2.05, 4.69) is 0 Å². The number of hydrogen-bond donors (Lipinski definition) is 1. The molecule has 2 aromatic carbocycles. The minimum atomic E-state index is -1.03. The standard InChI is InChI=1S/C15H11Cl2FO2/c16-11-5-4-10(14(17)8-11)7-13(15(19)20)9-2-1-3-12(18)6-9/h1-6,8,13H,7H2,(H,19,20). The Morgan fingerprint density at radius 1 is 1.20 bits per heavy atom. The number of carboxylic acids is 1. The van der Waals surface area contributed by atoms with E-state index in [1.165, 1.54) is 18.2 Å². The summed E-state index contributed by atoms with van der Waals surface area (Å²) >= 11 is 11.8. The molecule has 0 aliphatic carbocycles. The Labute approximate surface area is 125 Å². The van der Waals surface area contributed by atoms with E-state index < -0.39 is 17.7 Å². The maximum absolute atomic E-state index is 13.2. The number of halogens is 3. The summed E-state index contributed by atoms with van der Waals surface area (Å²) in [6, 6.07) is 10.5. The third-order valence-corrected chi connectivity index (χ3v) is 3.58. The maximum Gasteiger partial charge on any atom is 0.311 e. The average molecular weight is 313 g/mol. The number of aliphatic carboxylic acids is 1. The fraction of sp³-hybridized carbons (Fsp3) is 0.133. The topological polar surface area (TPSA) is 37.3 Å². The molecular weight excluding hydrogens is 302 g/mol. The number of benzene rings is 2. The molecule has 5 heteroatoms. The Kier molecular flexibility index (Phi) is 4.63. The van der Waals surface area contributed by atoms with E-state index >= 15 is 0 Å². The molecule has 0 bridgehead atoms. The molecule has 1 N–H and O–H groups in total. The van der Waals surface area contributed by atoms with Gasteiger partial charge in [-0.05, 0) is 41.8 Å². The molecule has 0 heterocycles. The van der Waals surface area contributed by atoms with E-state index in [4.69, 9.17) is 23.2 Å². The summed E-state index contributed by atoms with van der Waals surface area (Å²) in [5, 5.41) is 10.2. The van der Waals surface area contributed by atoms with Gasteiger partial charge in [-0.25, -0.2) is 4.39 Å². The zero-order valence-electron chi connectivity index (χ0n) is 10.3. The molecule has 2 rings (SSSR count). The molecular formula is C15H11Cl2FO2. The summed E-state index contributed by atoms with van der Waals surface area (Å²) in [5.74, 6) is -2.35. The van der Waals surface area contributed by atoms with Crippen molar-refractivity contribution in [3.05, 3.63) is 69.5 Å². The smallest absolute Gasteiger partial charge is 0.311 e. The van der Waals surface area contributed by atoms with Crippen molar-refractivity contribution in [3.8, 4) is 0 Å². The summed E-state index contributed by atoms with van der Waals surface area (Å²) in [6.45, 7) is 0. The maximum atomic E-state index is 13.2. The van der Waals surface area contributed by atoms with E-state index in [-0.39, 0.29) is 6.42 Å². The molecule has 0 amide bonds. The minimum absolute atomic E-state index is 0.175. The SMILES string of the molecule is O=C(O)C(Cc1ccc(Cl)cc1Cl)c1cccc(F)c1. The first-order valence-corrected chi connectivity index (χ1v) is 6.65. The highest BCUT2D eigenvalue weighted by molar-refractivity contribution is 6.35. The van der Waals surface area contributed by atoms with Crippen molar-refractivity contribution in [2.45, 2.75) is 12.3 Å². The molecule has 2 nitrogen and oxygen atoms in total. The Morgan fingerprint density at radius 2 is 1.95 bits per heavy atom. The normalized spacial score (nSPS) is 12.2. The quantitative estimate of drug-likeness (QED) is 0.899. The van der Waals surface area contributed by atoms with Crippen LogP contribution in [0.2, 0.25) is 10.0 Å². The second-order valence-corrected chi connectivity index (χ2v) is 5.23. The largest absolute Gasteiger partial charge is 0.481 e. The van der Waals surface area contributed by atoms with Crippen LogP contribution in [0.25, 0.3) is 0 Å². The summed E-state index contributed by atoms with van der Waals surface area (Å²) < 4.78 is 13.2. The minimum Gasteiger partial charge on any atom is -0.481 e.